The number of hydrogen-bond acceptors (Lipinski definition) is 3. The zero-order valence-corrected chi connectivity index (χ0v) is 11.2. The summed E-state index contributed by atoms with van der Waals surface area (Å²) in [7, 11) is 1.62. The molecule has 100 valence electrons. The van der Waals surface area contributed by atoms with E-state index < -0.39 is 0 Å². The van der Waals surface area contributed by atoms with Crippen molar-refractivity contribution in [1.82, 2.24) is 4.90 Å². The zero-order chi connectivity index (χ0) is 13.4. The minimum atomic E-state index is -0.161. The van der Waals surface area contributed by atoms with Gasteiger partial charge in [-0.25, -0.2) is 0 Å². The van der Waals surface area contributed by atoms with E-state index in [0.717, 1.165) is 6.42 Å². The topological polar surface area (TPSA) is 49.8 Å². The van der Waals surface area contributed by atoms with E-state index in [2.05, 4.69) is 0 Å². The highest BCUT2D eigenvalue weighted by molar-refractivity contribution is 6.33. The highest BCUT2D eigenvalue weighted by atomic mass is 35.5. The molecule has 4 nitrogen and oxygen atoms in total. The third-order valence-corrected chi connectivity index (χ3v) is 2.87. The molecule has 0 radical (unpaired) electrons. The summed E-state index contributed by atoms with van der Waals surface area (Å²) in [5.41, 5.74) is 0.463. The summed E-state index contributed by atoms with van der Waals surface area (Å²) in [6, 6.07) is 6.91. The second-order valence-corrected chi connectivity index (χ2v) is 4.25. The summed E-state index contributed by atoms with van der Waals surface area (Å²) in [6.45, 7) is 1.35. The molecule has 1 amide bonds. The predicted molar refractivity (Wildman–Crippen MR) is 70.9 cm³/mol. The summed E-state index contributed by atoms with van der Waals surface area (Å²) >= 11 is 5.99. The lowest BCUT2D eigenvalue weighted by Crippen LogP contribution is -2.35. The Kier molecular flexibility index (Phi) is 6.72. The van der Waals surface area contributed by atoms with Gasteiger partial charge < -0.3 is 14.7 Å². The van der Waals surface area contributed by atoms with Gasteiger partial charge in [0.1, 0.15) is 0 Å². The molecule has 0 fully saturated rings. The highest BCUT2D eigenvalue weighted by Gasteiger charge is 2.17. The third-order valence-electron chi connectivity index (χ3n) is 2.54. The SMILES string of the molecule is COCCCN(CCO)C(=O)c1ccccc1Cl. The van der Waals surface area contributed by atoms with Gasteiger partial charge in [0.15, 0.2) is 0 Å². The molecule has 18 heavy (non-hydrogen) atoms. The number of aliphatic hydroxyl groups excluding tert-OH is 1. The van der Waals surface area contributed by atoms with Crippen LogP contribution in [0.5, 0.6) is 0 Å². The molecule has 0 bridgehead atoms. The molecule has 1 aromatic carbocycles. The number of carbonyl (C=O) groups excluding carboxylic acids is 1. The molecule has 0 atom stereocenters. The first-order valence-electron chi connectivity index (χ1n) is 5.84. The van der Waals surface area contributed by atoms with Crippen molar-refractivity contribution in [3.05, 3.63) is 34.9 Å². The average molecular weight is 272 g/mol. The molecule has 0 aliphatic carbocycles. The third kappa shape index (κ3) is 4.29. The minimum Gasteiger partial charge on any atom is -0.395 e. The molecule has 0 unspecified atom stereocenters. The number of halogens is 1. The van der Waals surface area contributed by atoms with E-state index in [-0.39, 0.29) is 12.5 Å². The van der Waals surface area contributed by atoms with Crippen LogP contribution < -0.4 is 0 Å². The summed E-state index contributed by atoms with van der Waals surface area (Å²) in [6.07, 6.45) is 0.729. The maximum Gasteiger partial charge on any atom is 0.255 e. The predicted octanol–water partition coefficient (Wildman–Crippen LogP) is 1.81. The Labute approximate surface area is 112 Å². The van der Waals surface area contributed by atoms with E-state index >= 15 is 0 Å². The fraction of sp³-hybridized carbons (Fsp3) is 0.462. The largest absolute Gasteiger partial charge is 0.395 e. The molecule has 0 aliphatic heterocycles. The lowest BCUT2D eigenvalue weighted by molar-refractivity contribution is 0.0701. The van der Waals surface area contributed by atoms with Gasteiger partial charge in [-0.3, -0.25) is 4.79 Å². The first-order valence-corrected chi connectivity index (χ1v) is 6.22. The number of methoxy groups -OCH3 is 1. The van der Waals surface area contributed by atoms with Crippen LogP contribution in [0.3, 0.4) is 0 Å². The Balaban J connectivity index is 2.73. The van der Waals surface area contributed by atoms with Crippen molar-refractivity contribution in [2.75, 3.05) is 33.4 Å². The number of ether oxygens (including phenoxy) is 1. The van der Waals surface area contributed by atoms with Crippen molar-refractivity contribution in [3.63, 3.8) is 0 Å². The number of rotatable bonds is 7. The fourth-order valence-corrected chi connectivity index (χ4v) is 1.86. The van der Waals surface area contributed by atoms with Gasteiger partial charge in [0, 0.05) is 26.8 Å². The summed E-state index contributed by atoms with van der Waals surface area (Å²) < 4.78 is 4.95. The van der Waals surface area contributed by atoms with E-state index in [4.69, 9.17) is 21.4 Å². The Morgan fingerprint density at radius 3 is 2.72 bits per heavy atom. The number of amides is 1. The first kappa shape index (κ1) is 15.0. The zero-order valence-electron chi connectivity index (χ0n) is 10.4. The van der Waals surface area contributed by atoms with E-state index in [1.165, 1.54) is 0 Å². The maximum atomic E-state index is 12.2. The summed E-state index contributed by atoms with van der Waals surface area (Å²) in [4.78, 5) is 13.8. The van der Waals surface area contributed by atoms with Crippen LogP contribution in [-0.2, 0) is 4.74 Å². The van der Waals surface area contributed by atoms with Crippen LogP contribution in [0.2, 0.25) is 5.02 Å². The Hall–Kier alpha value is -1.10. The molecule has 1 N–H and O–H groups in total. The second kappa shape index (κ2) is 8.08. The molecule has 1 rings (SSSR count). The second-order valence-electron chi connectivity index (χ2n) is 3.84. The average Bonchev–Trinajstić information content (AvgIpc) is 2.38. The van der Waals surface area contributed by atoms with Crippen LogP contribution >= 0.6 is 11.6 Å². The van der Waals surface area contributed by atoms with Crippen LogP contribution in [0.1, 0.15) is 16.8 Å². The lowest BCUT2D eigenvalue weighted by Gasteiger charge is -2.22. The van der Waals surface area contributed by atoms with Gasteiger partial charge in [-0.2, -0.15) is 0 Å². The smallest absolute Gasteiger partial charge is 0.255 e. The molecule has 5 heteroatoms. The molecular weight excluding hydrogens is 254 g/mol. The molecule has 0 saturated heterocycles. The molecule has 0 aliphatic rings. The van der Waals surface area contributed by atoms with Crippen LogP contribution in [0, 0.1) is 0 Å². The standard InChI is InChI=1S/C13H18ClNO3/c1-18-10-4-7-15(8-9-16)13(17)11-5-2-3-6-12(11)14/h2-3,5-6,16H,4,7-10H2,1H3. The van der Waals surface area contributed by atoms with Gasteiger partial charge in [0.25, 0.3) is 5.91 Å². The molecular formula is C13H18ClNO3. The molecule has 0 aromatic heterocycles. The van der Waals surface area contributed by atoms with Crippen LogP contribution in [0.4, 0.5) is 0 Å². The van der Waals surface area contributed by atoms with E-state index in [1.807, 2.05) is 0 Å². The van der Waals surface area contributed by atoms with Crippen LogP contribution in [-0.4, -0.2) is 49.3 Å². The Bertz CT molecular complexity index is 384. The summed E-state index contributed by atoms with van der Waals surface area (Å²) in [5.74, 6) is -0.161. The van der Waals surface area contributed by atoms with Crippen molar-refractivity contribution < 1.29 is 14.6 Å². The number of hydrogen-bond donors (Lipinski definition) is 1. The van der Waals surface area contributed by atoms with Crippen molar-refractivity contribution in [2.24, 2.45) is 0 Å². The molecule has 0 saturated carbocycles. The van der Waals surface area contributed by atoms with Crippen molar-refractivity contribution in [1.29, 1.82) is 0 Å². The van der Waals surface area contributed by atoms with E-state index in [1.54, 1.807) is 36.3 Å². The minimum absolute atomic E-state index is 0.0663. The molecule has 0 heterocycles. The van der Waals surface area contributed by atoms with Gasteiger partial charge in [-0.15, -0.1) is 0 Å². The van der Waals surface area contributed by atoms with Gasteiger partial charge in [-0.1, -0.05) is 23.7 Å². The quantitative estimate of drug-likeness (QED) is 0.770. The van der Waals surface area contributed by atoms with Crippen molar-refractivity contribution in [2.45, 2.75) is 6.42 Å². The molecule has 0 spiro atoms. The fourth-order valence-electron chi connectivity index (χ4n) is 1.64. The summed E-state index contributed by atoms with van der Waals surface area (Å²) in [5, 5.41) is 9.43. The van der Waals surface area contributed by atoms with Gasteiger partial charge >= 0.3 is 0 Å². The van der Waals surface area contributed by atoms with Gasteiger partial charge in [-0.05, 0) is 18.6 Å². The Morgan fingerprint density at radius 2 is 2.11 bits per heavy atom. The number of aliphatic hydroxyl groups is 1. The Morgan fingerprint density at radius 1 is 1.39 bits per heavy atom. The highest BCUT2D eigenvalue weighted by Crippen LogP contribution is 2.17. The van der Waals surface area contributed by atoms with Gasteiger partial charge in [0.2, 0.25) is 0 Å². The monoisotopic (exact) mass is 271 g/mol. The lowest BCUT2D eigenvalue weighted by atomic mass is 10.2. The van der Waals surface area contributed by atoms with Crippen molar-refractivity contribution >= 4 is 17.5 Å². The number of nitrogens with zero attached hydrogens (tertiary/aromatic N) is 1. The van der Waals surface area contributed by atoms with Crippen LogP contribution in [0.25, 0.3) is 0 Å². The normalized spacial score (nSPS) is 10.4. The van der Waals surface area contributed by atoms with E-state index in [0.29, 0.717) is 30.3 Å². The van der Waals surface area contributed by atoms with Crippen LogP contribution in [0.15, 0.2) is 24.3 Å². The van der Waals surface area contributed by atoms with E-state index in [9.17, 15) is 4.79 Å². The maximum absolute atomic E-state index is 12.2. The van der Waals surface area contributed by atoms with Gasteiger partial charge in [0.05, 0.1) is 17.2 Å². The first-order chi connectivity index (χ1) is 8.70. The molecule has 1 aromatic rings. The number of carbonyl (C=O) groups is 1. The van der Waals surface area contributed by atoms with Crippen molar-refractivity contribution in [3.8, 4) is 0 Å². The number of benzene rings is 1.